The number of rotatable bonds is 6. The molecule has 1 aromatic rings. The molecular weight excluding hydrogens is 256 g/mol. The third kappa shape index (κ3) is 7.36. The van der Waals surface area contributed by atoms with E-state index in [1.54, 1.807) is 6.08 Å². The molecule has 0 bridgehead atoms. The number of amides is 1. The van der Waals surface area contributed by atoms with Gasteiger partial charge in [0.25, 0.3) is 0 Å². The third-order valence-corrected chi connectivity index (χ3v) is 2.78. The van der Waals surface area contributed by atoms with Gasteiger partial charge < -0.3 is 5.32 Å². The maximum atomic E-state index is 11.6. The van der Waals surface area contributed by atoms with Crippen molar-refractivity contribution in [2.45, 2.75) is 26.2 Å². The predicted molar refractivity (Wildman–Crippen MR) is 83.7 cm³/mol. The molecule has 4 heteroatoms. The highest BCUT2D eigenvalue weighted by Crippen LogP contribution is 2.00. The average molecular weight is 276 g/mol. The molecule has 1 aromatic carbocycles. The van der Waals surface area contributed by atoms with Crippen LogP contribution in [0.3, 0.4) is 0 Å². The Balaban J connectivity index is 2.27. The van der Waals surface area contributed by atoms with E-state index in [2.05, 4.69) is 17.6 Å². The third-order valence-electron chi connectivity index (χ3n) is 2.53. The minimum atomic E-state index is -0.211. The molecule has 0 saturated carbocycles. The Kier molecular flexibility index (Phi) is 7.51. The molecule has 0 radical (unpaired) electrons. The molecule has 102 valence electrons. The molecule has 0 aliphatic heterocycles. The average Bonchev–Trinajstić information content (AvgIpc) is 2.42. The lowest BCUT2D eigenvalue weighted by Gasteiger charge is -2.07. The van der Waals surface area contributed by atoms with Crippen LogP contribution in [0.4, 0.5) is 0 Å². The number of thiocarbonyl (C=S) groups is 1. The van der Waals surface area contributed by atoms with Crippen LogP contribution in [0, 0.1) is 0 Å². The Bertz CT molecular complexity index is 429. The SMILES string of the molecule is CCCCCNC(=S)NC(=O)/C=C/c1ccccc1. The predicted octanol–water partition coefficient (Wildman–Crippen LogP) is 2.88. The molecule has 0 fully saturated rings. The molecular formula is C15H20N2OS. The summed E-state index contributed by atoms with van der Waals surface area (Å²) >= 11 is 5.03. The highest BCUT2D eigenvalue weighted by Gasteiger charge is 1.99. The molecule has 0 heterocycles. The summed E-state index contributed by atoms with van der Waals surface area (Å²) in [5, 5.41) is 6.02. The van der Waals surface area contributed by atoms with Crippen molar-refractivity contribution in [3.05, 3.63) is 42.0 Å². The molecule has 0 unspecified atom stereocenters. The van der Waals surface area contributed by atoms with Gasteiger partial charge in [0.2, 0.25) is 5.91 Å². The van der Waals surface area contributed by atoms with Crippen molar-refractivity contribution in [1.29, 1.82) is 0 Å². The Morgan fingerprint density at radius 2 is 2.00 bits per heavy atom. The standard InChI is InChI=1S/C15H20N2OS/c1-2-3-7-12-16-15(19)17-14(18)11-10-13-8-5-4-6-9-13/h4-6,8-11H,2-3,7,12H2,1H3,(H2,16,17,18,19)/b11-10+. The summed E-state index contributed by atoms with van der Waals surface area (Å²) in [4.78, 5) is 11.6. The van der Waals surface area contributed by atoms with Crippen molar-refractivity contribution in [3.63, 3.8) is 0 Å². The summed E-state index contributed by atoms with van der Waals surface area (Å²) in [7, 11) is 0. The van der Waals surface area contributed by atoms with E-state index < -0.39 is 0 Å². The second-order valence-electron chi connectivity index (χ2n) is 4.20. The second-order valence-corrected chi connectivity index (χ2v) is 4.60. The Labute approximate surface area is 120 Å². The van der Waals surface area contributed by atoms with Crippen molar-refractivity contribution in [3.8, 4) is 0 Å². The number of carbonyl (C=O) groups is 1. The van der Waals surface area contributed by atoms with Crippen molar-refractivity contribution >= 4 is 29.3 Å². The molecule has 0 aliphatic carbocycles. The first-order valence-electron chi connectivity index (χ1n) is 6.54. The van der Waals surface area contributed by atoms with Crippen LogP contribution >= 0.6 is 12.2 Å². The molecule has 3 nitrogen and oxygen atoms in total. The van der Waals surface area contributed by atoms with Crippen LogP contribution in [0.15, 0.2) is 36.4 Å². The first-order valence-corrected chi connectivity index (χ1v) is 6.95. The van der Waals surface area contributed by atoms with Gasteiger partial charge >= 0.3 is 0 Å². The van der Waals surface area contributed by atoms with E-state index in [0.717, 1.165) is 24.9 Å². The van der Waals surface area contributed by atoms with Gasteiger partial charge in [-0.15, -0.1) is 0 Å². The van der Waals surface area contributed by atoms with Gasteiger partial charge in [0.15, 0.2) is 5.11 Å². The van der Waals surface area contributed by atoms with Crippen LogP contribution in [-0.2, 0) is 4.79 Å². The Morgan fingerprint density at radius 1 is 1.26 bits per heavy atom. The first kappa shape index (κ1) is 15.4. The quantitative estimate of drug-likeness (QED) is 0.477. The molecule has 0 atom stereocenters. The fraction of sp³-hybridized carbons (Fsp3) is 0.333. The highest BCUT2D eigenvalue weighted by atomic mass is 32.1. The number of nitrogens with one attached hydrogen (secondary N) is 2. The van der Waals surface area contributed by atoms with Gasteiger partial charge in [-0.2, -0.15) is 0 Å². The van der Waals surface area contributed by atoms with Crippen molar-refractivity contribution in [2.75, 3.05) is 6.54 Å². The van der Waals surface area contributed by atoms with Gasteiger partial charge in [0, 0.05) is 12.6 Å². The molecule has 1 amide bonds. The van der Waals surface area contributed by atoms with Gasteiger partial charge in [0.05, 0.1) is 0 Å². The van der Waals surface area contributed by atoms with Crippen LogP contribution in [0.25, 0.3) is 6.08 Å². The lowest BCUT2D eigenvalue weighted by atomic mass is 10.2. The zero-order chi connectivity index (χ0) is 13.9. The van der Waals surface area contributed by atoms with E-state index in [4.69, 9.17) is 12.2 Å². The van der Waals surface area contributed by atoms with E-state index in [0.29, 0.717) is 5.11 Å². The van der Waals surface area contributed by atoms with E-state index in [1.807, 2.05) is 30.3 Å². The summed E-state index contributed by atoms with van der Waals surface area (Å²) in [5.41, 5.74) is 0.986. The minimum Gasteiger partial charge on any atom is -0.362 e. The van der Waals surface area contributed by atoms with Crippen LogP contribution in [0.5, 0.6) is 0 Å². The number of hydrogen-bond donors (Lipinski definition) is 2. The van der Waals surface area contributed by atoms with Crippen molar-refractivity contribution in [1.82, 2.24) is 10.6 Å². The van der Waals surface area contributed by atoms with Crippen molar-refractivity contribution in [2.24, 2.45) is 0 Å². The molecule has 2 N–H and O–H groups in total. The number of benzene rings is 1. The topological polar surface area (TPSA) is 41.1 Å². The van der Waals surface area contributed by atoms with E-state index >= 15 is 0 Å². The van der Waals surface area contributed by atoms with Gasteiger partial charge in [-0.25, -0.2) is 0 Å². The first-order chi connectivity index (χ1) is 9.22. The summed E-state index contributed by atoms with van der Waals surface area (Å²) in [6.07, 6.45) is 6.63. The van der Waals surface area contributed by atoms with Gasteiger partial charge in [-0.3, -0.25) is 10.1 Å². The van der Waals surface area contributed by atoms with Crippen LogP contribution < -0.4 is 10.6 Å². The normalized spacial score (nSPS) is 10.4. The largest absolute Gasteiger partial charge is 0.362 e. The van der Waals surface area contributed by atoms with E-state index in [1.165, 1.54) is 12.5 Å². The fourth-order valence-corrected chi connectivity index (χ4v) is 1.71. The molecule has 1 rings (SSSR count). The summed E-state index contributed by atoms with van der Waals surface area (Å²) < 4.78 is 0. The molecule has 0 saturated heterocycles. The summed E-state index contributed by atoms with van der Waals surface area (Å²) in [6.45, 7) is 2.95. The Hall–Kier alpha value is -1.68. The van der Waals surface area contributed by atoms with Gasteiger partial charge in [-0.05, 0) is 30.3 Å². The smallest absolute Gasteiger partial charge is 0.250 e. The lowest BCUT2D eigenvalue weighted by molar-refractivity contribution is -0.115. The minimum absolute atomic E-state index is 0.211. The molecule has 0 aliphatic rings. The van der Waals surface area contributed by atoms with Crippen LogP contribution in [0.1, 0.15) is 31.7 Å². The molecule has 0 aromatic heterocycles. The highest BCUT2D eigenvalue weighted by molar-refractivity contribution is 7.80. The zero-order valence-corrected chi connectivity index (χ0v) is 12.0. The fourth-order valence-electron chi connectivity index (χ4n) is 1.51. The van der Waals surface area contributed by atoms with Gasteiger partial charge in [0.1, 0.15) is 0 Å². The summed E-state index contributed by atoms with van der Waals surface area (Å²) in [6, 6.07) is 9.66. The number of hydrogen-bond acceptors (Lipinski definition) is 2. The second kappa shape index (κ2) is 9.28. The van der Waals surface area contributed by atoms with Gasteiger partial charge in [-0.1, -0.05) is 50.1 Å². The molecule has 0 spiro atoms. The lowest BCUT2D eigenvalue weighted by Crippen LogP contribution is -2.38. The van der Waals surface area contributed by atoms with E-state index in [9.17, 15) is 4.79 Å². The van der Waals surface area contributed by atoms with Crippen LogP contribution in [-0.4, -0.2) is 17.6 Å². The monoisotopic (exact) mass is 276 g/mol. The van der Waals surface area contributed by atoms with E-state index in [-0.39, 0.29) is 5.91 Å². The summed E-state index contributed by atoms with van der Waals surface area (Å²) in [5.74, 6) is -0.211. The zero-order valence-electron chi connectivity index (χ0n) is 11.2. The maximum Gasteiger partial charge on any atom is 0.250 e. The number of carbonyl (C=O) groups excluding carboxylic acids is 1. The maximum absolute atomic E-state index is 11.6. The van der Waals surface area contributed by atoms with Crippen molar-refractivity contribution < 1.29 is 4.79 Å². The number of unbranched alkanes of at least 4 members (excludes halogenated alkanes) is 2. The Morgan fingerprint density at radius 3 is 2.68 bits per heavy atom. The van der Waals surface area contributed by atoms with Crippen LogP contribution in [0.2, 0.25) is 0 Å². The molecule has 19 heavy (non-hydrogen) atoms.